The van der Waals surface area contributed by atoms with E-state index in [2.05, 4.69) is 4.90 Å². The molecule has 0 amide bonds. The zero-order chi connectivity index (χ0) is 19.0. The van der Waals surface area contributed by atoms with Crippen LogP contribution < -0.4 is 15.1 Å². The first-order valence-electron chi connectivity index (χ1n) is 8.64. The van der Waals surface area contributed by atoms with Gasteiger partial charge in [-0.1, -0.05) is 12.1 Å². The van der Waals surface area contributed by atoms with Crippen molar-refractivity contribution in [1.82, 2.24) is 4.90 Å². The molecule has 0 fully saturated rings. The van der Waals surface area contributed by atoms with Gasteiger partial charge in [-0.2, -0.15) is 0 Å². The molecule has 0 bridgehead atoms. The summed E-state index contributed by atoms with van der Waals surface area (Å²) in [6.45, 7) is 3.08. The lowest BCUT2D eigenvalue weighted by Crippen LogP contribution is -2.31. The average molecular weight is 365 g/mol. The molecule has 3 aromatic rings. The highest BCUT2D eigenvalue weighted by atomic mass is 16.5. The third-order valence-corrected chi connectivity index (χ3v) is 4.69. The van der Waals surface area contributed by atoms with Gasteiger partial charge in [0.25, 0.3) is 0 Å². The van der Waals surface area contributed by atoms with Crippen molar-refractivity contribution in [2.45, 2.75) is 20.0 Å². The normalized spacial score (nSPS) is 13.9. The van der Waals surface area contributed by atoms with E-state index < -0.39 is 5.63 Å². The fraction of sp³-hybridized carbons (Fsp3) is 0.238. The SMILES string of the molecule is COc1ccc(CN2COc3ccc4cc(C(C)=O)c(=O)oc4c3C2)cc1. The second-order valence-electron chi connectivity index (χ2n) is 6.57. The van der Waals surface area contributed by atoms with Gasteiger partial charge in [-0.25, -0.2) is 4.79 Å². The minimum atomic E-state index is -0.615. The Morgan fingerprint density at radius 2 is 1.96 bits per heavy atom. The highest BCUT2D eigenvalue weighted by molar-refractivity contribution is 5.97. The van der Waals surface area contributed by atoms with Crippen molar-refractivity contribution in [3.8, 4) is 11.5 Å². The molecule has 1 aliphatic rings. The van der Waals surface area contributed by atoms with E-state index in [0.29, 0.717) is 36.5 Å². The van der Waals surface area contributed by atoms with Crippen LogP contribution in [0.4, 0.5) is 0 Å². The quantitative estimate of drug-likeness (QED) is 0.522. The summed E-state index contributed by atoms with van der Waals surface area (Å²) >= 11 is 0. The number of ketones is 1. The van der Waals surface area contributed by atoms with Crippen LogP contribution >= 0.6 is 0 Å². The maximum atomic E-state index is 12.1. The lowest BCUT2D eigenvalue weighted by atomic mass is 10.1. The van der Waals surface area contributed by atoms with Crippen LogP contribution in [0.25, 0.3) is 11.0 Å². The number of hydrogen-bond acceptors (Lipinski definition) is 6. The van der Waals surface area contributed by atoms with E-state index in [-0.39, 0.29) is 11.3 Å². The van der Waals surface area contributed by atoms with Crippen LogP contribution in [0.5, 0.6) is 11.5 Å². The molecule has 0 radical (unpaired) electrons. The third kappa shape index (κ3) is 3.31. The van der Waals surface area contributed by atoms with Gasteiger partial charge in [0, 0.05) is 18.5 Å². The molecule has 0 unspecified atom stereocenters. The first-order chi connectivity index (χ1) is 13.0. The van der Waals surface area contributed by atoms with E-state index in [0.717, 1.165) is 16.9 Å². The number of fused-ring (bicyclic) bond motifs is 3. The number of rotatable bonds is 4. The highest BCUT2D eigenvalue weighted by Gasteiger charge is 2.22. The fourth-order valence-electron chi connectivity index (χ4n) is 3.28. The molecule has 0 saturated carbocycles. The van der Waals surface area contributed by atoms with Crippen molar-refractivity contribution >= 4 is 16.8 Å². The number of methoxy groups -OCH3 is 1. The van der Waals surface area contributed by atoms with E-state index in [1.807, 2.05) is 36.4 Å². The molecule has 27 heavy (non-hydrogen) atoms. The number of ether oxygens (including phenoxy) is 2. The van der Waals surface area contributed by atoms with E-state index in [4.69, 9.17) is 13.9 Å². The van der Waals surface area contributed by atoms with Gasteiger partial charge in [0.1, 0.15) is 29.4 Å². The molecule has 2 aromatic carbocycles. The minimum Gasteiger partial charge on any atom is -0.497 e. The first-order valence-corrected chi connectivity index (χ1v) is 8.64. The van der Waals surface area contributed by atoms with Gasteiger partial charge in [-0.05, 0) is 42.8 Å². The molecule has 6 nitrogen and oxygen atoms in total. The molecule has 6 heteroatoms. The maximum absolute atomic E-state index is 12.1. The Balaban J connectivity index is 1.65. The van der Waals surface area contributed by atoms with Gasteiger partial charge >= 0.3 is 5.63 Å². The number of Topliss-reactive ketones (excluding diaryl/α,β-unsaturated/α-hetero) is 1. The van der Waals surface area contributed by atoms with Crippen LogP contribution in [-0.2, 0) is 13.1 Å². The van der Waals surface area contributed by atoms with Crippen LogP contribution in [-0.4, -0.2) is 24.5 Å². The molecule has 4 rings (SSSR count). The van der Waals surface area contributed by atoms with Crippen molar-refractivity contribution in [3.05, 3.63) is 69.6 Å². The Labute approximate surface area is 155 Å². The Bertz CT molecular complexity index is 1070. The van der Waals surface area contributed by atoms with Gasteiger partial charge < -0.3 is 13.9 Å². The van der Waals surface area contributed by atoms with Gasteiger partial charge in [-0.15, -0.1) is 0 Å². The molecule has 1 aromatic heterocycles. The Kier molecular flexibility index (Phi) is 4.41. The summed E-state index contributed by atoms with van der Waals surface area (Å²) in [5.74, 6) is 1.21. The number of hydrogen-bond donors (Lipinski definition) is 0. The first kappa shape index (κ1) is 17.3. The Hall–Kier alpha value is -3.12. The van der Waals surface area contributed by atoms with Gasteiger partial charge in [-0.3, -0.25) is 9.69 Å². The molecule has 0 N–H and O–H groups in total. The lowest BCUT2D eigenvalue weighted by Gasteiger charge is -2.29. The second-order valence-corrected chi connectivity index (χ2v) is 6.57. The van der Waals surface area contributed by atoms with Crippen LogP contribution in [0.3, 0.4) is 0 Å². The zero-order valence-electron chi connectivity index (χ0n) is 15.2. The third-order valence-electron chi connectivity index (χ3n) is 4.69. The van der Waals surface area contributed by atoms with Crippen molar-refractivity contribution in [2.75, 3.05) is 13.8 Å². The van der Waals surface area contributed by atoms with E-state index in [1.54, 1.807) is 13.2 Å². The fourth-order valence-corrected chi connectivity index (χ4v) is 3.28. The average Bonchev–Trinajstić information content (AvgIpc) is 2.68. The maximum Gasteiger partial charge on any atom is 0.347 e. The van der Waals surface area contributed by atoms with E-state index in [1.165, 1.54) is 6.92 Å². The molecule has 0 atom stereocenters. The zero-order valence-corrected chi connectivity index (χ0v) is 15.2. The molecular formula is C21H19NO5. The topological polar surface area (TPSA) is 69.0 Å². The number of benzene rings is 2. The monoisotopic (exact) mass is 365 g/mol. The minimum absolute atomic E-state index is 0.0641. The summed E-state index contributed by atoms with van der Waals surface area (Å²) in [7, 11) is 1.64. The van der Waals surface area contributed by atoms with Gasteiger partial charge in [0.05, 0.1) is 12.7 Å². The summed E-state index contributed by atoms with van der Waals surface area (Å²) < 4.78 is 16.5. The van der Waals surface area contributed by atoms with Crippen molar-refractivity contribution in [1.29, 1.82) is 0 Å². The van der Waals surface area contributed by atoms with Crippen LogP contribution in [0.1, 0.15) is 28.4 Å². The van der Waals surface area contributed by atoms with E-state index in [9.17, 15) is 9.59 Å². The predicted octanol–water partition coefficient (Wildman–Crippen LogP) is 3.36. The molecular weight excluding hydrogens is 346 g/mol. The predicted molar refractivity (Wildman–Crippen MR) is 100 cm³/mol. The highest BCUT2D eigenvalue weighted by Crippen LogP contribution is 2.32. The van der Waals surface area contributed by atoms with E-state index >= 15 is 0 Å². The second kappa shape index (κ2) is 6.89. The Morgan fingerprint density at radius 1 is 1.19 bits per heavy atom. The van der Waals surface area contributed by atoms with Gasteiger partial charge in [0.2, 0.25) is 0 Å². The summed E-state index contributed by atoms with van der Waals surface area (Å²) in [5.41, 5.74) is 1.87. The summed E-state index contributed by atoms with van der Waals surface area (Å²) in [6.07, 6.45) is 0. The molecule has 0 aliphatic carbocycles. The Morgan fingerprint density at radius 3 is 2.67 bits per heavy atom. The van der Waals surface area contributed by atoms with Crippen LogP contribution in [0.2, 0.25) is 0 Å². The number of nitrogens with zero attached hydrogens (tertiary/aromatic N) is 1. The summed E-state index contributed by atoms with van der Waals surface area (Å²) in [4.78, 5) is 25.9. The smallest absolute Gasteiger partial charge is 0.347 e. The van der Waals surface area contributed by atoms with Crippen molar-refractivity contribution < 1.29 is 18.7 Å². The number of carbonyl (C=O) groups excluding carboxylic acids is 1. The van der Waals surface area contributed by atoms with Crippen molar-refractivity contribution in [2.24, 2.45) is 0 Å². The lowest BCUT2D eigenvalue weighted by molar-refractivity contribution is 0.0889. The van der Waals surface area contributed by atoms with Gasteiger partial charge in [0.15, 0.2) is 5.78 Å². The summed E-state index contributed by atoms with van der Waals surface area (Å²) in [5, 5.41) is 0.716. The standard InChI is InChI=1S/C21H19NO5/c1-13(23)17-9-15-5-8-19-18(20(15)27-21(17)24)11-22(12-26-19)10-14-3-6-16(25-2)7-4-14/h3-9H,10-12H2,1-2H3. The van der Waals surface area contributed by atoms with Crippen LogP contribution in [0, 0.1) is 0 Å². The van der Waals surface area contributed by atoms with Crippen molar-refractivity contribution in [3.63, 3.8) is 0 Å². The molecule has 2 heterocycles. The largest absolute Gasteiger partial charge is 0.497 e. The molecule has 0 spiro atoms. The van der Waals surface area contributed by atoms with Crippen LogP contribution in [0.15, 0.2) is 51.7 Å². The molecule has 0 saturated heterocycles. The molecule has 1 aliphatic heterocycles. The molecule has 138 valence electrons. The number of carbonyl (C=O) groups is 1. The summed E-state index contributed by atoms with van der Waals surface area (Å²) in [6, 6.07) is 13.1.